The Morgan fingerprint density at radius 3 is 3.36 bits per heavy atom. The fourth-order valence-electron chi connectivity index (χ4n) is 1.76. The maximum absolute atomic E-state index is 10.3. The van der Waals surface area contributed by atoms with E-state index in [1.165, 1.54) is 12.8 Å². The first kappa shape index (κ1) is 9.80. The molecule has 1 aliphatic rings. The summed E-state index contributed by atoms with van der Waals surface area (Å²) in [4.78, 5) is 15.7. The minimum absolute atomic E-state index is 0.510. The predicted molar refractivity (Wildman–Crippen MR) is 56.6 cm³/mol. The van der Waals surface area contributed by atoms with Gasteiger partial charge in [0.15, 0.2) is 0 Å². The normalized spacial score (nSPS) is 21.3. The van der Waals surface area contributed by atoms with Gasteiger partial charge < -0.3 is 10.1 Å². The summed E-state index contributed by atoms with van der Waals surface area (Å²) in [5.74, 6) is 0. The lowest BCUT2D eigenvalue weighted by molar-refractivity contribution is -0.107. The van der Waals surface area contributed by atoms with Crippen molar-refractivity contribution in [2.24, 2.45) is 0 Å². The van der Waals surface area contributed by atoms with Crippen molar-refractivity contribution in [3.63, 3.8) is 0 Å². The Balaban J connectivity index is 1.91. The molecular weight excluding hydrogens is 196 g/mol. The Labute approximate surface area is 87.6 Å². The summed E-state index contributed by atoms with van der Waals surface area (Å²) in [6, 6.07) is 0.602. The van der Waals surface area contributed by atoms with Crippen LogP contribution in [0.25, 0.3) is 0 Å². The minimum atomic E-state index is 0.510. The molecule has 2 rings (SSSR count). The zero-order chi connectivity index (χ0) is 9.80. The van der Waals surface area contributed by atoms with Gasteiger partial charge in [-0.25, -0.2) is 4.98 Å². The molecule has 1 unspecified atom stereocenters. The van der Waals surface area contributed by atoms with Crippen molar-refractivity contribution in [2.75, 3.05) is 6.54 Å². The highest BCUT2D eigenvalue weighted by Gasteiger charge is 2.15. The highest BCUT2D eigenvalue weighted by atomic mass is 32.1. The fourth-order valence-corrected chi connectivity index (χ4v) is 2.71. The number of nitrogens with zero attached hydrogens (tertiary/aromatic N) is 1. The summed E-state index contributed by atoms with van der Waals surface area (Å²) in [5, 5.41) is 4.60. The number of rotatable bonds is 4. The lowest BCUT2D eigenvalue weighted by Crippen LogP contribution is -2.23. The van der Waals surface area contributed by atoms with Crippen LogP contribution in [0.3, 0.4) is 0 Å². The van der Waals surface area contributed by atoms with E-state index in [1.807, 2.05) is 6.20 Å². The van der Waals surface area contributed by atoms with Gasteiger partial charge in [-0.3, -0.25) is 0 Å². The molecule has 0 saturated carbocycles. The van der Waals surface area contributed by atoms with Gasteiger partial charge in [0.25, 0.3) is 0 Å². The summed E-state index contributed by atoms with van der Waals surface area (Å²) in [6.07, 6.45) is 6.81. The van der Waals surface area contributed by atoms with E-state index in [1.54, 1.807) is 11.3 Å². The third-order valence-corrected chi connectivity index (χ3v) is 3.51. The van der Waals surface area contributed by atoms with Crippen LogP contribution in [0.4, 0.5) is 0 Å². The first-order valence-corrected chi connectivity index (χ1v) is 5.81. The van der Waals surface area contributed by atoms with E-state index < -0.39 is 0 Å². The SMILES string of the molecule is O=CCc1cnc(CC2CCCN2)s1. The van der Waals surface area contributed by atoms with Crippen LogP contribution in [0.5, 0.6) is 0 Å². The monoisotopic (exact) mass is 210 g/mol. The molecule has 1 aliphatic heterocycles. The van der Waals surface area contributed by atoms with Crippen molar-refractivity contribution in [3.05, 3.63) is 16.1 Å². The average molecular weight is 210 g/mol. The smallest absolute Gasteiger partial charge is 0.125 e. The van der Waals surface area contributed by atoms with Gasteiger partial charge >= 0.3 is 0 Å². The number of carbonyl (C=O) groups excluding carboxylic acids is 1. The molecule has 0 amide bonds. The third-order valence-electron chi connectivity index (χ3n) is 2.47. The molecule has 14 heavy (non-hydrogen) atoms. The van der Waals surface area contributed by atoms with Crippen LogP contribution in [0.15, 0.2) is 6.20 Å². The molecule has 1 atom stereocenters. The largest absolute Gasteiger partial charge is 0.314 e. The van der Waals surface area contributed by atoms with E-state index in [4.69, 9.17) is 0 Å². The molecule has 1 fully saturated rings. The number of aldehydes is 1. The van der Waals surface area contributed by atoms with E-state index in [0.29, 0.717) is 12.5 Å². The number of hydrogen-bond donors (Lipinski definition) is 1. The van der Waals surface area contributed by atoms with E-state index in [-0.39, 0.29) is 0 Å². The molecule has 1 saturated heterocycles. The summed E-state index contributed by atoms with van der Waals surface area (Å²) >= 11 is 1.66. The molecule has 0 bridgehead atoms. The average Bonchev–Trinajstić information content (AvgIpc) is 2.79. The Kier molecular flexibility index (Phi) is 3.26. The Hall–Kier alpha value is -0.740. The number of thiazole rings is 1. The second-order valence-corrected chi connectivity index (χ2v) is 4.79. The van der Waals surface area contributed by atoms with Gasteiger partial charge in [0.1, 0.15) is 6.29 Å². The van der Waals surface area contributed by atoms with Crippen molar-refractivity contribution >= 4 is 17.6 Å². The van der Waals surface area contributed by atoms with Crippen LogP contribution in [-0.4, -0.2) is 23.9 Å². The third kappa shape index (κ3) is 2.39. The predicted octanol–water partition coefficient (Wildman–Crippen LogP) is 1.18. The van der Waals surface area contributed by atoms with Crippen molar-refractivity contribution in [3.8, 4) is 0 Å². The summed E-state index contributed by atoms with van der Waals surface area (Å²) < 4.78 is 0. The fraction of sp³-hybridized carbons (Fsp3) is 0.600. The maximum Gasteiger partial charge on any atom is 0.125 e. The van der Waals surface area contributed by atoms with Gasteiger partial charge in [-0.05, 0) is 19.4 Å². The van der Waals surface area contributed by atoms with Crippen LogP contribution in [0.2, 0.25) is 0 Å². The van der Waals surface area contributed by atoms with Crippen molar-refractivity contribution in [1.29, 1.82) is 0 Å². The lowest BCUT2D eigenvalue weighted by atomic mass is 10.2. The summed E-state index contributed by atoms with van der Waals surface area (Å²) in [6.45, 7) is 1.14. The van der Waals surface area contributed by atoms with Crippen LogP contribution in [-0.2, 0) is 17.6 Å². The van der Waals surface area contributed by atoms with Gasteiger partial charge in [0.2, 0.25) is 0 Å². The molecule has 1 aromatic heterocycles. The highest BCUT2D eigenvalue weighted by molar-refractivity contribution is 7.11. The number of hydrogen-bond acceptors (Lipinski definition) is 4. The summed E-state index contributed by atoms with van der Waals surface area (Å²) in [7, 11) is 0. The topological polar surface area (TPSA) is 42.0 Å². The second-order valence-electron chi connectivity index (χ2n) is 3.59. The molecule has 0 aromatic carbocycles. The van der Waals surface area contributed by atoms with Gasteiger partial charge in [0.05, 0.1) is 5.01 Å². The maximum atomic E-state index is 10.3. The van der Waals surface area contributed by atoms with Gasteiger partial charge in [-0.1, -0.05) is 0 Å². The lowest BCUT2D eigenvalue weighted by Gasteiger charge is -2.05. The standard InChI is InChI=1S/C10H14N2OS/c13-5-3-9-7-12-10(14-9)6-8-2-1-4-11-8/h5,7-8,11H,1-4,6H2. The van der Waals surface area contributed by atoms with Crippen LogP contribution in [0, 0.1) is 0 Å². The molecular formula is C10H14N2OS. The van der Waals surface area contributed by atoms with Crippen molar-refractivity contribution in [2.45, 2.75) is 31.7 Å². The Morgan fingerprint density at radius 1 is 1.71 bits per heavy atom. The molecule has 4 heteroatoms. The first-order valence-electron chi connectivity index (χ1n) is 4.99. The molecule has 3 nitrogen and oxygen atoms in total. The van der Waals surface area contributed by atoms with E-state index in [0.717, 1.165) is 29.1 Å². The zero-order valence-electron chi connectivity index (χ0n) is 8.03. The number of nitrogens with one attached hydrogen (secondary N) is 1. The first-order chi connectivity index (χ1) is 6.88. The number of aromatic nitrogens is 1. The molecule has 1 aromatic rings. The summed E-state index contributed by atoms with van der Waals surface area (Å²) in [5.41, 5.74) is 0. The Bertz CT molecular complexity index is 305. The van der Waals surface area contributed by atoms with Crippen molar-refractivity contribution < 1.29 is 4.79 Å². The molecule has 0 aliphatic carbocycles. The highest BCUT2D eigenvalue weighted by Crippen LogP contribution is 2.17. The van der Waals surface area contributed by atoms with Gasteiger partial charge in [-0.2, -0.15) is 0 Å². The zero-order valence-corrected chi connectivity index (χ0v) is 8.85. The second kappa shape index (κ2) is 4.66. The molecule has 0 spiro atoms. The van der Waals surface area contributed by atoms with E-state index in [9.17, 15) is 4.79 Å². The van der Waals surface area contributed by atoms with E-state index >= 15 is 0 Å². The van der Waals surface area contributed by atoms with Gasteiger partial charge in [0, 0.05) is 30.0 Å². The molecule has 1 N–H and O–H groups in total. The molecule has 2 heterocycles. The van der Waals surface area contributed by atoms with Crippen molar-refractivity contribution in [1.82, 2.24) is 10.3 Å². The molecule has 76 valence electrons. The van der Waals surface area contributed by atoms with E-state index in [2.05, 4.69) is 10.3 Å². The Morgan fingerprint density at radius 2 is 2.64 bits per heavy atom. The molecule has 0 radical (unpaired) electrons. The minimum Gasteiger partial charge on any atom is -0.314 e. The van der Waals surface area contributed by atoms with Crippen LogP contribution < -0.4 is 5.32 Å². The quantitative estimate of drug-likeness (QED) is 0.759. The van der Waals surface area contributed by atoms with Crippen LogP contribution in [0.1, 0.15) is 22.7 Å². The van der Waals surface area contributed by atoms with Gasteiger partial charge in [-0.15, -0.1) is 11.3 Å². The van der Waals surface area contributed by atoms with Crippen LogP contribution >= 0.6 is 11.3 Å². The number of carbonyl (C=O) groups is 1.